The van der Waals surface area contributed by atoms with Gasteiger partial charge in [0, 0.05) is 11.9 Å². The third-order valence-corrected chi connectivity index (χ3v) is 4.65. The van der Waals surface area contributed by atoms with Crippen LogP contribution in [0.25, 0.3) is 16.7 Å². The molecule has 6 nitrogen and oxygen atoms in total. The number of fused-ring (bicyclic) bond motifs is 1. The lowest BCUT2D eigenvalue weighted by molar-refractivity contribution is 0.538. The molecular weight excluding hydrogens is 338 g/mol. The molecular formula is C21H15N5O. The number of anilines is 1. The maximum atomic E-state index is 9.92. The van der Waals surface area contributed by atoms with Crippen molar-refractivity contribution in [2.24, 2.45) is 0 Å². The van der Waals surface area contributed by atoms with Gasteiger partial charge in [0.05, 0.1) is 40.3 Å². The van der Waals surface area contributed by atoms with Gasteiger partial charge in [-0.1, -0.05) is 30.3 Å². The number of allylic oxidation sites excluding steroid dienone is 3. The van der Waals surface area contributed by atoms with Crippen LogP contribution in [-0.4, -0.2) is 4.98 Å². The van der Waals surface area contributed by atoms with Crippen LogP contribution in [0, 0.1) is 22.7 Å². The van der Waals surface area contributed by atoms with E-state index in [-0.39, 0.29) is 0 Å². The molecule has 3 N–H and O–H groups in total. The summed E-state index contributed by atoms with van der Waals surface area (Å²) in [6.45, 7) is 1.82. The van der Waals surface area contributed by atoms with Crippen LogP contribution in [0.4, 0.5) is 5.82 Å². The van der Waals surface area contributed by atoms with Crippen LogP contribution in [0.2, 0.25) is 0 Å². The van der Waals surface area contributed by atoms with Crippen LogP contribution >= 0.6 is 0 Å². The first-order chi connectivity index (χ1) is 13.1. The number of nitrogens with zero attached hydrogens (tertiary/aromatic N) is 3. The molecule has 0 saturated carbocycles. The molecule has 0 aliphatic carbocycles. The highest BCUT2D eigenvalue weighted by Crippen LogP contribution is 2.42. The quantitative estimate of drug-likeness (QED) is 0.724. The van der Waals surface area contributed by atoms with Crippen molar-refractivity contribution < 1.29 is 4.42 Å². The zero-order chi connectivity index (χ0) is 19.0. The van der Waals surface area contributed by atoms with Crippen LogP contribution in [0.5, 0.6) is 0 Å². The van der Waals surface area contributed by atoms with E-state index in [1.165, 1.54) is 0 Å². The fraction of sp³-hybridized carbons (Fsp3) is 0.0952. The maximum absolute atomic E-state index is 9.92. The molecule has 0 saturated heterocycles. The molecule has 27 heavy (non-hydrogen) atoms. The summed E-state index contributed by atoms with van der Waals surface area (Å²) in [5.41, 5.74) is 9.61. The molecule has 3 heterocycles. The fourth-order valence-corrected chi connectivity index (χ4v) is 3.36. The number of furan rings is 1. The van der Waals surface area contributed by atoms with Crippen molar-refractivity contribution in [1.29, 1.82) is 10.5 Å². The summed E-state index contributed by atoms with van der Waals surface area (Å²) < 4.78 is 5.97. The molecule has 1 aromatic carbocycles. The van der Waals surface area contributed by atoms with Crippen molar-refractivity contribution in [3.63, 3.8) is 0 Å². The highest BCUT2D eigenvalue weighted by atomic mass is 16.3. The third-order valence-electron chi connectivity index (χ3n) is 4.65. The zero-order valence-corrected chi connectivity index (χ0v) is 14.5. The minimum Gasteiger partial charge on any atom is -0.460 e. The van der Waals surface area contributed by atoms with Gasteiger partial charge in [0.15, 0.2) is 0 Å². The van der Waals surface area contributed by atoms with E-state index >= 15 is 0 Å². The Labute approximate surface area is 155 Å². The minimum absolute atomic E-state index is 0.349. The molecule has 1 aliphatic heterocycles. The second-order valence-electron chi connectivity index (χ2n) is 6.23. The monoisotopic (exact) mass is 353 g/mol. The van der Waals surface area contributed by atoms with E-state index in [1.54, 1.807) is 18.3 Å². The van der Waals surface area contributed by atoms with E-state index in [1.807, 2.05) is 37.3 Å². The van der Waals surface area contributed by atoms with Crippen molar-refractivity contribution >= 4 is 22.5 Å². The van der Waals surface area contributed by atoms with Gasteiger partial charge < -0.3 is 15.5 Å². The predicted octanol–water partition coefficient (Wildman–Crippen LogP) is 3.83. The van der Waals surface area contributed by atoms with Gasteiger partial charge in [-0.2, -0.15) is 10.5 Å². The summed E-state index contributed by atoms with van der Waals surface area (Å²) in [5.74, 6) is 0.233. The molecule has 0 bridgehead atoms. The van der Waals surface area contributed by atoms with Gasteiger partial charge in [0.2, 0.25) is 0 Å². The summed E-state index contributed by atoms with van der Waals surface area (Å²) in [6.07, 6.45) is 1.57. The summed E-state index contributed by atoms with van der Waals surface area (Å²) in [7, 11) is 0. The Bertz CT molecular complexity index is 1190. The van der Waals surface area contributed by atoms with Crippen molar-refractivity contribution in [3.05, 3.63) is 76.8 Å². The van der Waals surface area contributed by atoms with E-state index in [0.717, 1.165) is 5.56 Å². The normalized spacial score (nSPS) is 16.8. The summed E-state index contributed by atoms with van der Waals surface area (Å²) in [6, 6.07) is 17.5. The molecule has 0 radical (unpaired) electrons. The Kier molecular flexibility index (Phi) is 3.87. The topological polar surface area (TPSA) is 112 Å². The predicted molar refractivity (Wildman–Crippen MR) is 102 cm³/mol. The van der Waals surface area contributed by atoms with Crippen molar-refractivity contribution in [2.45, 2.75) is 12.8 Å². The van der Waals surface area contributed by atoms with Crippen molar-refractivity contribution in [1.82, 2.24) is 10.3 Å². The Morgan fingerprint density at radius 3 is 2.52 bits per heavy atom. The van der Waals surface area contributed by atoms with Crippen LogP contribution in [0.3, 0.4) is 0 Å². The lowest BCUT2D eigenvalue weighted by atomic mass is 9.83. The Morgan fingerprint density at radius 1 is 1.11 bits per heavy atom. The second-order valence-corrected chi connectivity index (χ2v) is 6.23. The van der Waals surface area contributed by atoms with E-state index in [9.17, 15) is 10.5 Å². The number of nitrogen functional groups attached to an aromatic ring is 1. The largest absolute Gasteiger partial charge is 0.460 e. The molecule has 4 rings (SSSR count). The van der Waals surface area contributed by atoms with E-state index in [4.69, 9.17) is 10.2 Å². The van der Waals surface area contributed by atoms with Gasteiger partial charge in [-0.15, -0.1) is 0 Å². The average Bonchev–Trinajstić information content (AvgIpc) is 3.13. The first-order valence-electron chi connectivity index (χ1n) is 8.35. The summed E-state index contributed by atoms with van der Waals surface area (Å²) >= 11 is 0. The number of hydrogen-bond donors (Lipinski definition) is 2. The van der Waals surface area contributed by atoms with Gasteiger partial charge in [-0.25, -0.2) is 4.98 Å². The average molecular weight is 353 g/mol. The standard InChI is InChI=1S/C21H15N5O/c1-12-15(10-22)19(18-9-14-17(27-18)7-8-25-21(14)24)16(11-23)20(26-12)13-5-3-2-4-6-13/h2-9,19,26H,1H3,(H2,24,25). The molecule has 1 atom stereocenters. The molecule has 1 unspecified atom stereocenters. The van der Waals surface area contributed by atoms with Crippen LogP contribution in [-0.2, 0) is 0 Å². The third kappa shape index (κ3) is 2.61. The maximum Gasteiger partial charge on any atom is 0.139 e. The molecule has 3 aromatic rings. The van der Waals surface area contributed by atoms with E-state index < -0.39 is 5.92 Å². The van der Waals surface area contributed by atoms with Crippen molar-refractivity contribution in [2.75, 3.05) is 5.73 Å². The van der Waals surface area contributed by atoms with Crippen LogP contribution < -0.4 is 11.1 Å². The number of nitrogens with one attached hydrogen (secondary N) is 1. The molecule has 6 heteroatoms. The number of nitrogens with two attached hydrogens (primary N) is 1. The smallest absolute Gasteiger partial charge is 0.139 e. The van der Waals surface area contributed by atoms with E-state index in [2.05, 4.69) is 22.4 Å². The van der Waals surface area contributed by atoms with Gasteiger partial charge in [-0.05, 0) is 24.6 Å². The number of hydrogen-bond acceptors (Lipinski definition) is 6. The van der Waals surface area contributed by atoms with Crippen LogP contribution in [0.15, 0.2) is 69.9 Å². The van der Waals surface area contributed by atoms with Gasteiger partial charge >= 0.3 is 0 Å². The highest BCUT2D eigenvalue weighted by molar-refractivity contribution is 5.88. The summed E-state index contributed by atoms with van der Waals surface area (Å²) in [4.78, 5) is 4.07. The van der Waals surface area contributed by atoms with Gasteiger partial charge in [0.25, 0.3) is 0 Å². The van der Waals surface area contributed by atoms with Gasteiger partial charge in [0.1, 0.15) is 17.2 Å². The first kappa shape index (κ1) is 16.4. The number of pyridine rings is 1. The molecule has 130 valence electrons. The second kappa shape index (κ2) is 6.36. The number of rotatable bonds is 2. The first-order valence-corrected chi connectivity index (χ1v) is 8.35. The molecule has 2 aromatic heterocycles. The number of nitriles is 2. The number of aromatic nitrogens is 1. The summed E-state index contributed by atoms with van der Waals surface area (Å²) in [5, 5.41) is 23.5. The Morgan fingerprint density at radius 2 is 1.85 bits per heavy atom. The molecule has 0 fully saturated rings. The minimum atomic E-state index is -0.608. The van der Waals surface area contributed by atoms with Crippen molar-refractivity contribution in [3.8, 4) is 12.1 Å². The molecule has 1 aliphatic rings. The SMILES string of the molecule is CC1=C(C#N)C(c2cc3c(N)nccc3o2)C(C#N)=C(c2ccccc2)N1. The Balaban J connectivity index is 1.97. The van der Waals surface area contributed by atoms with E-state index in [0.29, 0.717) is 45.1 Å². The van der Waals surface area contributed by atoms with Crippen LogP contribution in [0.1, 0.15) is 24.2 Å². The highest BCUT2D eigenvalue weighted by Gasteiger charge is 2.33. The Hall–Kier alpha value is -4.03. The lowest BCUT2D eigenvalue weighted by Crippen LogP contribution is -2.23. The number of dihydropyridines is 1. The molecule has 0 amide bonds. The fourth-order valence-electron chi connectivity index (χ4n) is 3.36. The zero-order valence-electron chi connectivity index (χ0n) is 14.5. The number of benzene rings is 1. The van der Waals surface area contributed by atoms with Gasteiger partial charge in [-0.3, -0.25) is 0 Å². The lowest BCUT2D eigenvalue weighted by Gasteiger charge is -2.26. The molecule has 0 spiro atoms.